The molecule has 0 bridgehead atoms. The van der Waals surface area contributed by atoms with Gasteiger partial charge in [0.15, 0.2) is 5.96 Å². The fraction of sp³-hybridized carbons (Fsp3) is 0.118. The number of nitrogens with zero attached hydrogens (tertiary/aromatic N) is 2. The highest BCUT2D eigenvalue weighted by Gasteiger charge is 2.16. The van der Waals surface area contributed by atoms with Crippen LogP contribution in [-0.4, -0.2) is 16.9 Å². The Balaban J connectivity index is 2.33. The largest absolute Gasteiger partial charge is 0.397 e. The third kappa shape index (κ3) is 4.82. The van der Waals surface area contributed by atoms with Gasteiger partial charge in [0, 0.05) is 16.8 Å². The summed E-state index contributed by atoms with van der Waals surface area (Å²) in [5, 5.41) is 0.631. The molecular weight excluding hydrogens is 326 g/mol. The van der Waals surface area contributed by atoms with Gasteiger partial charge in [0.25, 0.3) is 5.91 Å². The predicted octanol–water partition coefficient (Wildman–Crippen LogP) is 1.84. The van der Waals surface area contributed by atoms with Crippen LogP contribution in [0.5, 0.6) is 0 Å². The van der Waals surface area contributed by atoms with Crippen LogP contribution in [0.3, 0.4) is 0 Å². The molecule has 0 aliphatic heterocycles. The number of carbonyl (C=O) groups is 1. The lowest BCUT2D eigenvalue weighted by atomic mass is 10.0. The zero-order valence-electron chi connectivity index (χ0n) is 12.9. The number of amides is 1. The van der Waals surface area contributed by atoms with Crippen molar-refractivity contribution in [1.29, 1.82) is 0 Å². The highest BCUT2D eigenvalue weighted by molar-refractivity contribution is 6.30. The van der Waals surface area contributed by atoms with E-state index in [2.05, 4.69) is 9.98 Å². The van der Waals surface area contributed by atoms with E-state index >= 15 is 0 Å². The summed E-state index contributed by atoms with van der Waals surface area (Å²) in [6.45, 7) is 0. The molecule has 24 heavy (non-hydrogen) atoms. The predicted molar refractivity (Wildman–Crippen MR) is 95.9 cm³/mol. The Kier molecular flexibility index (Phi) is 5.92. The molecule has 0 spiro atoms. The Bertz CT molecular complexity index is 783. The summed E-state index contributed by atoms with van der Waals surface area (Å²) in [4.78, 5) is 20.1. The minimum absolute atomic E-state index is 0.257. The Morgan fingerprint density at radius 1 is 1.12 bits per heavy atom. The first-order chi connectivity index (χ1) is 11.5. The third-order valence-corrected chi connectivity index (χ3v) is 3.54. The van der Waals surface area contributed by atoms with Crippen molar-refractivity contribution in [1.82, 2.24) is 4.98 Å². The average molecular weight is 344 g/mol. The van der Waals surface area contributed by atoms with Crippen molar-refractivity contribution < 1.29 is 4.79 Å². The summed E-state index contributed by atoms with van der Waals surface area (Å²) in [6, 6.07) is 12.7. The van der Waals surface area contributed by atoms with Crippen molar-refractivity contribution in [3.05, 3.63) is 70.5 Å². The van der Waals surface area contributed by atoms with E-state index in [1.165, 1.54) is 0 Å². The van der Waals surface area contributed by atoms with Gasteiger partial charge in [-0.3, -0.25) is 9.78 Å². The Labute approximate surface area is 145 Å². The minimum atomic E-state index is -0.569. The smallest absolute Gasteiger partial charge is 0.278 e. The Morgan fingerprint density at radius 2 is 1.92 bits per heavy atom. The highest BCUT2D eigenvalue weighted by Crippen LogP contribution is 2.20. The molecule has 6 N–H and O–H groups in total. The molecule has 0 saturated carbocycles. The fourth-order valence-corrected chi connectivity index (χ4v) is 2.39. The first kappa shape index (κ1) is 17.5. The Morgan fingerprint density at radius 3 is 2.54 bits per heavy atom. The molecule has 124 valence electrons. The van der Waals surface area contributed by atoms with Gasteiger partial charge in [0.1, 0.15) is 0 Å². The third-order valence-electron chi connectivity index (χ3n) is 3.31. The maximum atomic E-state index is 12.3. The van der Waals surface area contributed by atoms with Crippen LogP contribution in [0, 0.1) is 0 Å². The van der Waals surface area contributed by atoms with E-state index in [0.717, 1.165) is 5.56 Å². The molecule has 0 fully saturated rings. The van der Waals surface area contributed by atoms with Crippen LogP contribution in [-0.2, 0) is 11.2 Å². The van der Waals surface area contributed by atoms with Gasteiger partial charge in [-0.1, -0.05) is 29.8 Å². The van der Waals surface area contributed by atoms with Crippen molar-refractivity contribution >= 4 is 29.2 Å². The van der Waals surface area contributed by atoms with E-state index in [1.807, 2.05) is 18.2 Å². The second-order valence-electron chi connectivity index (χ2n) is 5.08. The quantitative estimate of drug-likeness (QED) is 0.434. The summed E-state index contributed by atoms with van der Waals surface area (Å²) in [5.41, 5.74) is 18.8. The summed E-state index contributed by atoms with van der Waals surface area (Å²) in [6.07, 6.45) is 2.52. The number of halogens is 1. The lowest BCUT2D eigenvalue weighted by Gasteiger charge is -2.09. The molecule has 0 aliphatic carbocycles. The summed E-state index contributed by atoms with van der Waals surface area (Å²) < 4.78 is 0. The molecule has 1 amide bonds. The van der Waals surface area contributed by atoms with Crippen LogP contribution in [0.15, 0.2) is 59.2 Å². The maximum Gasteiger partial charge on any atom is 0.278 e. The molecule has 0 radical (unpaired) electrons. The van der Waals surface area contributed by atoms with E-state index in [0.29, 0.717) is 29.1 Å². The number of hydrogen-bond acceptors (Lipinski definition) is 3. The van der Waals surface area contributed by atoms with Gasteiger partial charge in [0.05, 0.1) is 11.4 Å². The van der Waals surface area contributed by atoms with Gasteiger partial charge in [-0.05, 0) is 42.7 Å². The van der Waals surface area contributed by atoms with Gasteiger partial charge in [-0.15, -0.1) is 0 Å². The SMILES string of the molecule is NC(N)=NC(=O)C(CCc1cccc(Cl)c1)=C(N)c1ccccn1. The number of rotatable bonds is 5. The number of aromatic nitrogens is 1. The van der Waals surface area contributed by atoms with Gasteiger partial charge < -0.3 is 17.2 Å². The normalized spacial score (nSPS) is 11.5. The number of pyridine rings is 1. The number of hydrogen-bond donors (Lipinski definition) is 3. The topological polar surface area (TPSA) is 120 Å². The summed E-state index contributed by atoms with van der Waals surface area (Å²) >= 11 is 5.98. The van der Waals surface area contributed by atoms with Crippen molar-refractivity contribution in [3.8, 4) is 0 Å². The minimum Gasteiger partial charge on any atom is -0.397 e. The average Bonchev–Trinajstić information content (AvgIpc) is 2.55. The van der Waals surface area contributed by atoms with Gasteiger partial charge >= 0.3 is 0 Å². The molecular formula is C17H18ClN5O. The van der Waals surface area contributed by atoms with E-state index in [-0.39, 0.29) is 11.7 Å². The molecule has 0 aliphatic rings. The maximum absolute atomic E-state index is 12.3. The number of nitrogens with two attached hydrogens (primary N) is 3. The standard InChI is InChI=1S/C17H18ClN5O/c18-12-5-3-4-11(10-12)7-8-13(16(24)23-17(20)21)15(19)14-6-1-2-9-22-14/h1-6,9-10H,7-8,19H2,(H4,20,21,23,24). The molecule has 0 atom stereocenters. The number of guanidine groups is 1. The van der Waals surface area contributed by atoms with Crippen molar-refractivity contribution in [2.24, 2.45) is 22.2 Å². The van der Waals surface area contributed by atoms with Crippen LogP contribution >= 0.6 is 11.6 Å². The number of carbonyl (C=O) groups excluding carboxylic acids is 1. The molecule has 0 saturated heterocycles. The second kappa shape index (κ2) is 8.12. The zero-order chi connectivity index (χ0) is 17.5. The van der Waals surface area contributed by atoms with Crippen LogP contribution in [0.2, 0.25) is 5.02 Å². The van der Waals surface area contributed by atoms with Gasteiger partial charge in [0.2, 0.25) is 0 Å². The van der Waals surface area contributed by atoms with E-state index in [9.17, 15) is 4.79 Å². The lowest BCUT2D eigenvalue weighted by Crippen LogP contribution is -2.25. The molecule has 2 rings (SSSR count). The lowest BCUT2D eigenvalue weighted by molar-refractivity contribution is -0.114. The van der Waals surface area contributed by atoms with Crippen LogP contribution in [0.4, 0.5) is 0 Å². The zero-order valence-corrected chi connectivity index (χ0v) is 13.7. The van der Waals surface area contributed by atoms with Crippen molar-refractivity contribution in [2.45, 2.75) is 12.8 Å². The molecule has 6 nitrogen and oxygen atoms in total. The number of aliphatic imine (C=N–C) groups is 1. The Hall–Kier alpha value is -2.86. The number of aryl methyl sites for hydroxylation is 1. The van der Waals surface area contributed by atoms with Crippen molar-refractivity contribution in [3.63, 3.8) is 0 Å². The first-order valence-electron chi connectivity index (χ1n) is 7.26. The first-order valence-corrected chi connectivity index (χ1v) is 7.63. The van der Waals surface area contributed by atoms with Crippen LogP contribution < -0.4 is 17.2 Å². The monoisotopic (exact) mass is 343 g/mol. The molecule has 1 aromatic heterocycles. The highest BCUT2D eigenvalue weighted by atomic mass is 35.5. The van der Waals surface area contributed by atoms with E-state index in [1.54, 1.807) is 30.5 Å². The fourth-order valence-electron chi connectivity index (χ4n) is 2.18. The summed E-state index contributed by atoms with van der Waals surface area (Å²) in [5.74, 6) is -0.880. The molecule has 2 aromatic rings. The molecule has 7 heteroatoms. The molecule has 1 aromatic carbocycles. The number of benzene rings is 1. The van der Waals surface area contributed by atoms with Gasteiger partial charge in [-0.2, -0.15) is 4.99 Å². The van der Waals surface area contributed by atoms with Crippen LogP contribution in [0.1, 0.15) is 17.7 Å². The summed E-state index contributed by atoms with van der Waals surface area (Å²) in [7, 11) is 0. The van der Waals surface area contributed by atoms with E-state index < -0.39 is 5.91 Å². The second-order valence-corrected chi connectivity index (χ2v) is 5.52. The van der Waals surface area contributed by atoms with Crippen molar-refractivity contribution in [2.75, 3.05) is 0 Å². The van der Waals surface area contributed by atoms with Gasteiger partial charge in [-0.25, -0.2) is 0 Å². The molecule has 0 unspecified atom stereocenters. The van der Waals surface area contributed by atoms with Crippen LogP contribution in [0.25, 0.3) is 5.70 Å². The van der Waals surface area contributed by atoms with E-state index in [4.69, 9.17) is 28.8 Å². The molecule has 1 heterocycles.